The Bertz CT molecular complexity index is 294. The van der Waals surface area contributed by atoms with Crippen LogP contribution in [0.4, 0.5) is 0 Å². The fraction of sp³-hybridized carbons (Fsp3) is 1.00. The summed E-state index contributed by atoms with van der Waals surface area (Å²) in [6.45, 7) is 15.0. The normalized spacial score (nSPS) is 48.9. The standard InChI is InChI=1S/C20H38/c1-7-9-17-11-13(3)20-15(5)14(4)18(10-8-2)12-19(20)16(17)6/h13-20H,7-12H2,1-6H3. The lowest BCUT2D eigenvalue weighted by Gasteiger charge is -2.55. The van der Waals surface area contributed by atoms with Crippen LogP contribution in [0.3, 0.4) is 0 Å². The van der Waals surface area contributed by atoms with E-state index in [0.717, 1.165) is 47.3 Å². The highest BCUT2D eigenvalue weighted by atomic mass is 14.5. The SMILES string of the molecule is CCCC1CC2C(C)C(CCC)CC(C)C2C(C)C1C. The molecule has 0 spiro atoms. The van der Waals surface area contributed by atoms with Gasteiger partial charge in [-0.3, -0.25) is 0 Å². The van der Waals surface area contributed by atoms with Crippen molar-refractivity contribution in [3.05, 3.63) is 0 Å². The quantitative estimate of drug-likeness (QED) is 0.558. The molecule has 0 aromatic carbocycles. The Morgan fingerprint density at radius 1 is 0.700 bits per heavy atom. The smallest absolute Gasteiger partial charge is 0.0329 e. The molecule has 0 heteroatoms. The molecule has 0 aromatic rings. The molecule has 0 amide bonds. The average molecular weight is 279 g/mol. The van der Waals surface area contributed by atoms with E-state index in [9.17, 15) is 0 Å². The van der Waals surface area contributed by atoms with Crippen molar-refractivity contribution in [3.8, 4) is 0 Å². The Morgan fingerprint density at radius 2 is 1.25 bits per heavy atom. The van der Waals surface area contributed by atoms with E-state index in [-0.39, 0.29) is 0 Å². The third kappa shape index (κ3) is 2.95. The maximum absolute atomic E-state index is 2.59. The Labute approximate surface area is 128 Å². The summed E-state index contributed by atoms with van der Waals surface area (Å²) in [4.78, 5) is 0. The van der Waals surface area contributed by atoms with E-state index < -0.39 is 0 Å². The van der Waals surface area contributed by atoms with Crippen LogP contribution in [0, 0.1) is 47.3 Å². The maximum Gasteiger partial charge on any atom is -0.0329 e. The topological polar surface area (TPSA) is 0 Å². The van der Waals surface area contributed by atoms with Crippen LogP contribution in [0.1, 0.15) is 80.1 Å². The molecule has 0 aromatic heterocycles. The Morgan fingerprint density at radius 3 is 1.80 bits per heavy atom. The minimum Gasteiger partial charge on any atom is -0.0654 e. The maximum atomic E-state index is 2.59. The number of fused-ring (bicyclic) bond motifs is 1. The summed E-state index contributed by atoms with van der Waals surface area (Å²) in [6, 6.07) is 0. The first-order chi connectivity index (χ1) is 9.51. The zero-order valence-corrected chi connectivity index (χ0v) is 14.9. The van der Waals surface area contributed by atoms with Crippen molar-refractivity contribution in [3.63, 3.8) is 0 Å². The van der Waals surface area contributed by atoms with E-state index in [4.69, 9.17) is 0 Å². The van der Waals surface area contributed by atoms with Gasteiger partial charge in [-0.2, -0.15) is 0 Å². The second kappa shape index (κ2) is 6.84. The number of rotatable bonds is 4. The van der Waals surface area contributed by atoms with Crippen molar-refractivity contribution >= 4 is 0 Å². The average Bonchev–Trinajstić information content (AvgIpc) is 2.41. The summed E-state index contributed by atoms with van der Waals surface area (Å²) in [7, 11) is 0. The zero-order valence-electron chi connectivity index (χ0n) is 14.9. The molecule has 2 fully saturated rings. The first-order valence-electron chi connectivity index (χ1n) is 9.51. The van der Waals surface area contributed by atoms with Crippen molar-refractivity contribution in [2.24, 2.45) is 47.3 Å². The summed E-state index contributed by atoms with van der Waals surface area (Å²) in [5.41, 5.74) is 0. The summed E-state index contributed by atoms with van der Waals surface area (Å²) >= 11 is 0. The van der Waals surface area contributed by atoms with Gasteiger partial charge in [0.15, 0.2) is 0 Å². The highest BCUT2D eigenvalue weighted by Crippen LogP contribution is 2.55. The van der Waals surface area contributed by atoms with Gasteiger partial charge >= 0.3 is 0 Å². The van der Waals surface area contributed by atoms with Gasteiger partial charge in [0.25, 0.3) is 0 Å². The van der Waals surface area contributed by atoms with E-state index >= 15 is 0 Å². The van der Waals surface area contributed by atoms with Crippen LogP contribution >= 0.6 is 0 Å². The first-order valence-corrected chi connectivity index (χ1v) is 9.51. The van der Waals surface area contributed by atoms with Crippen LogP contribution in [-0.4, -0.2) is 0 Å². The lowest BCUT2D eigenvalue weighted by atomic mass is 9.50. The van der Waals surface area contributed by atoms with Crippen molar-refractivity contribution in [1.82, 2.24) is 0 Å². The lowest BCUT2D eigenvalue weighted by molar-refractivity contribution is -0.0593. The Hall–Kier alpha value is 0. The highest BCUT2D eigenvalue weighted by molar-refractivity contribution is 4.97. The molecular formula is C20H38. The molecule has 0 aliphatic heterocycles. The third-order valence-electron chi connectivity index (χ3n) is 7.32. The predicted octanol–water partition coefficient (Wildman–Crippen LogP) is 6.40. The monoisotopic (exact) mass is 278 g/mol. The zero-order chi connectivity index (χ0) is 14.9. The minimum absolute atomic E-state index is 0.949. The second-order valence-corrected chi connectivity index (χ2v) is 8.36. The molecule has 2 saturated carbocycles. The van der Waals surface area contributed by atoms with Crippen molar-refractivity contribution in [2.45, 2.75) is 80.1 Å². The Balaban J connectivity index is 2.16. The van der Waals surface area contributed by atoms with Crippen LogP contribution in [0.2, 0.25) is 0 Å². The van der Waals surface area contributed by atoms with E-state index in [1.54, 1.807) is 0 Å². The van der Waals surface area contributed by atoms with Crippen molar-refractivity contribution in [2.75, 3.05) is 0 Å². The number of hydrogen-bond donors (Lipinski definition) is 0. The van der Waals surface area contributed by atoms with Gasteiger partial charge in [-0.15, -0.1) is 0 Å². The molecule has 0 radical (unpaired) electrons. The van der Waals surface area contributed by atoms with Crippen molar-refractivity contribution < 1.29 is 0 Å². The molecule has 0 heterocycles. The molecule has 0 nitrogen and oxygen atoms in total. The predicted molar refractivity (Wildman–Crippen MR) is 89.7 cm³/mol. The molecule has 2 aliphatic rings. The van der Waals surface area contributed by atoms with Crippen LogP contribution in [-0.2, 0) is 0 Å². The molecule has 20 heavy (non-hydrogen) atoms. The van der Waals surface area contributed by atoms with Crippen LogP contribution in [0.25, 0.3) is 0 Å². The van der Waals surface area contributed by atoms with E-state index in [2.05, 4.69) is 41.5 Å². The van der Waals surface area contributed by atoms with Gasteiger partial charge in [0.2, 0.25) is 0 Å². The summed E-state index contributed by atoms with van der Waals surface area (Å²) in [5.74, 6) is 7.90. The van der Waals surface area contributed by atoms with Gasteiger partial charge in [0, 0.05) is 0 Å². The molecule has 2 rings (SSSR count). The van der Waals surface area contributed by atoms with E-state index in [0.29, 0.717) is 0 Å². The van der Waals surface area contributed by atoms with Crippen LogP contribution in [0.5, 0.6) is 0 Å². The van der Waals surface area contributed by atoms with Gasteiger partial charge in [-0.05, 0) is 60.2 Å². The summed E-state index contributed by atoms with van der Waals surface area (Å²) in [5, 5.41) is 0. The fourth-order valence-corrected chi connectivity index (χ4v) is 6.10. The minimum atomic E-state index is 0.949. The van der Waals surface area contributed by atoms with Crippen LogP contribution < -0.4 is 0 Å². The third-order valence-corrected chi connectivity index (χ3v) is 7.32. The molecule has 0 N–H and O–H groups in total. The van der Waals surface area contributed by atoms with Gasteiger partial charge in [-0.1, -0.05) is 67.2 Å². The molecular weight excluding hydrogens is 240 g/mol. The second-order valence-electron chi connectivity index (χ2n) is 8.36. The van der Waals surface area contributed by atoms with E-state index in [1.807, 2.05) is 0 Å². The number of hydrogen-bond acceptors (Lipinski definition) is 0. The lowest BCUT2D eigenvalue weighted by Crippen LogP contribution is -2.48. The van der Waals surface area contributed by atoms with Crippen molar-refractivity contribution in [1.29, 1.82) is 0 Å². The largest absolute Gasteiger partial charge is 0.0654 e. The highest BCUT2D eigenvalue weighted by Gasteiger charge is 2.48. The van der Waals surface area contributed by atoms with Gasteiger partial charge < -0.3 is 0 Å². The van der Waals surface area contributed by atoms with Gasteiger partial charge in [0.1, 0.15) is 0 Å². The molecule has 0 bridgehead atoms. The van der Waals surface area contributed by atoms with Gasteiger partial charge in [-0.25, -0.2) is 0 Å². The molecule has 8 atom stereocenters. The van der Waals surface area contributed by atoms with E-state index in [1.165, 1.54) is 38.5 Å². The Kier molecular flexibility index (Phi) is 5.60. The van der Waals surface area contributed by atoms with Crippen LogP contribution in [0.15, 0.2) is 0 Å². The molecule has 8 unspecified atom stereocenters. The first kappa shape index (κ1) is 16.4. The fourth-order valence-electron chi connectivity index (χ4n) is 6.10. The molecule has 118 valence electrons. The summed E-state index contributed by atoms with van der Waals surface area (Å²) in [6.07, 6.45) is 8.73. The van der Waals surface area contributed by atoms with Gasteiger partial charge in [0.05, 0.1) is 0 Å². The molecule has 0 saturated heterocycles. The molecule has 2 aliphatic carbocycles. The summed E-state index contributed by atoms with van der Waals surface area (Å²) < 4.78 is 0.